The lowest BCUT2D eigenvalue weighted by Gasteiger charge is -2.24. The van der Waals surface area contributed by atoms with E-state index in [9.17, 15) is 14.0 Å². The monoisotopic (exact) mass is 346 g/mol. The number of carbonyl (C=O) groups is 2. The van der Waals surface area contributed by atoms with E-state index in [-0.39, 0.29) is 17.5 Å². The van der Waals surface area contributed by atoms with Crippen LogP contribution in [0.2, 0.25) is 5.02 Å². The van der Waals surface area contributed by atoms with Crippen molar-refractivity contribution in [3.63, 3.8) is 0 Å². The topological polar surface area (TPSA) is 49.4 Å². The van der Waals surface area contributed by atoms with Crippen LogP contribution in [0.1, 0.15) is 23.2 Å². The Morgan fingerprint density at radius 3 is 2.54 bits per heavy atom. The summed E-state index contributed by atoms with van der Waals surface area (Å²) in [6, 6.07) is 11.9. The highest BCUT2D eigenvalue weighted by Gasteiger charge is 2.34. The summed E-state index contributed by atoms with van der Waals surface area (Å²) in [4.78, 5) is 26.6. The molecule has 1 aliphatic heterocycles. The number of hydrogen-bond acceptors (Lipinski definition) is 2. The van der Waals surface area contributed by atoms with Gasteiger partial charge in [-0.25, -0.2) is 4.39 Å². The predicted octanol–water partition coefficient (Wildman–Crippen LogP) is 3.72. The summed E-state index contributed by atoms with van der Waals surface area (Å²) in [7, 11) is 0. The molecule has 2 aromatic rings. The number of halogens is 2. The zero-order valence-corrected chi connectivity index (χ0v) is 13.6. The third-order valence-corrected chi connectivity index (χ3v) is 4.29. The third kappa shape index (κ3) is 3.41. The maximum Gasteiger partial charge on any atom is 0.254 e. The van der Waals surface area contributed by atoms with Crippen LogP contribution in [0.15, 0.2) is 48.5 Å². The summed E-state index contributed by atoms with van der Waals surface area (Å²) in [6.45, 7) is 0.497. The number of hydrogen-bond donors (Lipinski definition) is 1. The standard InChI is InChI=1S/C18H16ClFN2O2/c19-13-9-7-12(8-10-13)18(24)22-11-3-6-16(22)17(23)21-15-5-2-1-4-14(15)20/h1-2,4-5,7-10,16H,3,6,11H2,(H,21,23). The van der Waals surface area contributed by atoms with Gasteiger partial charge in [0.05, 0.1) is 5.69 Å². The molecule has 4 nitrogen and oxygen atoms in total. The fourth-order valence-electron chi connectivity index (χ4n) is 2.82. The molecule has 2 amide bonds. The number of nitrogens with one attached hydrogen (secondary N) is 1. The van der Waals surface area contributed by atoms with Gasteiger partial charge in [0.2, 0.25) is 5.91 Å². The lowest BCUT2D eigenvalue weighted by Crippen LogP contribution is -2.43. The van der Waals surface area contributed by atoms with Crippen molar-refractivity contribution in [3.05, 3.63) is 64.9 Å². The first-order valence-electron chi connectivity index (χ1n) is 7.68. The van der Waals surface area contributed by atoms with Crippen LogP contribution in [-0.4, -0.2) is 29.3 Å². The van der Waals surface area contributed by atoms with Crippen LogP contribution in [-0.2, 0) is 4.79 Å². The molecule has 24 heavy (non-hydrogen) atoms. The van der Waals surface area contributed by atoms with E-state index in [0.717, 1.165) is 6.42 Å². The second-order valence-corrected chi connectivity index (χ2v) is 6.07. The molecule has 1 saturated heterocycles. The normalized spacial score (nSPS) is 16.9. The lowest BCUT2D eigenvalue weighted by molar-refractivity contribution is -0.119. The zero-order valence-electron chi connectivity index (χ0n) is 12.8. The van der Waals surface area contributed by atoms with Crippen LogP contribution < -0.4 is 5.32 Å². The maximum absolute atomic E-state index is 13.7. The maximum atomic E-state index is 13.7. The smallest absolute Gasteiger partial charge is 0.254 e. The van der Waals surface area contributed by atoms with Crippen LogP contribution in [0.25, 0.3) is 0 Å². The van der Waals surface area contributed by atoms with Crippen molar-refractivity contribution in [2.45, 2.75) is 18.9 Å². The molecule has 3 rings (SSSR count). The van der Waals surface area contributed by atoms with Gasteiger partial charge < -0.3 is 10.2 Å². The molecule has 1 aliphatic rings. The minimum atomic E-state index is -0.604. The molecule has 124 valence electrons. The summed E-state index contributed by atoms with van der Waals surface area (Å²) < 4.78 is 13.7. The fraction of sp³-hybridized carbons (Fsp3) is 0.222. The molecule has 1 atom stereocenters. The summed E-state index contributed by atoms with van der Waals surface area (Å²) in [5.74, 6) is -1.10. The van der Waals surface area contributed by atoms with Gasteiger partial charge in [-0.1, -0.05) is 23.7 Å². The summed E-state index contributed by atoms with van der Waals surface area (Å²) >= 11 is 5.84. The van der Waals surface area contributed by atoms with E-state index in [4.69, 9.17) is 11.6 Å². The highest BCUT2D eigenvalue weighted by Crippen LogP contribution is 2.23. The SMILES string of the molecule is O=C(Nc1ccccc1F)C1CCCN1C(=O)c1ccc(Cl)cc1. The second kappa shape index (κ2) is 7.01. The molecule has 1 heterocycles. The lowest BCUT2D eigenvalue weighted by atomic mass is 10.1. The quantitative estimate of drug-likeness (QED) is 0.920. The van der Waals surface area contributed by atoms with E-state index in [1.54, 1.807) is 36.4 Å². The van der Waals surface area contributed by atoms with Crippen molar-refractivity contribution in [1.29, 1.82) is 0 Å². The van der Waals surface area contributed by atoms with Crippen LogP contribution >= 0.6 is 11.6 Å². The molecule has 2 aromatic carbocycles. The first kappa shape index (κ1) is 16.5. The van der Waals surface area contributed by atoms with E-state index < -0.39 is 11.9 Å². The summed E-state index contributed by atoms with van der Waals surface area (Å²) in [6.07, 6.45) is 1.29. The van der Waals surface area contributed by atoms with Crippen molar-refractivity contribution in [2.75, 3.05) is 11.9 Å². The molecule has 0 spiro atoms. The number of rotatable bonds is 3. The van der Waals surface area contributed by atoms with Crippen molar-refractivity contribution in [1.82, 2.24) is 4.90 Å². The minimum Gasteiger partial charge on any atom is -0.327 e. The summed E-state index contributed by atoms with van der Waals surface area (Å²) in [5, 5.41) is 3.11. The average Bonchev–Trinajstić information content (AvgIpc) is 3.07. The number of carbonyl (C=O) groups excluding carboxylic acids is 2. The molecule has 1 N–H and O–H groups in total. The highest BCUT2D eigenvalue weighted by molar-refractivity contribution is 6.30. The van der Waals surface area contributed by atoms with E-state index >= 15 is 0 Å². The molecule has 0 aromatic heterocycles. The Balaban J connectivity index is 1.75. The van der Waals surface area contributed by atoms with E-state index in [2.05, 4.69) is 5.32 Å². The first-order valence-corrected chi connectivity index (χ1v) is 8.06. The molecule has 6 heteroatoms. The van der Waals surface area contributed by atoms with Crippen LogP contribution in [0.3, 0.4) is 0 Å². The van der Waals surface area contributed by atoms with E-state index in [1.807, 2.05) is 0 Å². The molecular formula is C18H16ClFN2O2. The Hall–Kier alpha value is -2.40. The Morgan fingerprint density at radius 2 is 1.83 bits per heavy atom. The Labute approximate surface area is 144 Å². The van der Waals surface area contributed by atoms with E-state index in [0.29, 0.717) is 23.6 Å². The number of para-hydroxylation sites is 1. The molecule has 0 aliphatic carbocycles. The highest BCUT2D eigenvalue weighted by atomic mass is 35.5. The predicted molar refractivity (Wildman–Crippen MR) is 90.5 cm³/mol. The van der Waals surface area contributed by atoms with Gasteiger partial charge in [-0.2, -0.15) is 0 Å². The Kier molecular flexibility index (Phi) is 4.81. The number of likely N-dealkylation sites (tertiary alicyclic amines) is 1. The number of benzene rings is 2. The Morgan fingerprint density at radius 1 is 1.12 bits per heavy atom. The van der Waals surface area contributed by atoms with Gasteiger partial charge >= 0.3 is 0 Å². The number of nitrogens with zero attached hydrogens (tertiary/aromatic N) is 1. The molecule has 0 bridgehead atoms. The van der Waals surface area contributed by atoms with Gasteiger partial charge in [0.1, 0.15) is 11.9 Å². The van der Waals surface area contributed by atoms with Crippen molar-refractivity contribution >= 4 is 29.1 Å². The minimum absolute atomic E-state index is 0.119. The van der Waals surface area contributed by atoms with Crippen molar-refractivity contribution in [2.24, 2.45) is 0 Å². The van der Waals surface area contributed by atoms with Crippen LogP contribution in [0.5, 0.6) is 0 Å². The van der Waals surface area contributed by atoms with Crippen LogP contribution in [0.4, 0.5) is 10.1 Å². The van der Waals surface area contributed by atoms with Gasteiger partial charge in [0.25, 0.3) is 5.91 Å². The average molecular weight is 347 g/mol. The van der Waals surface area contributed by atoms with Gasteiger partial charge in [-0.15, -0.1) is 0 Å². The largest absolute Gasteiger partial charge is 0.327 e. The zero-order chi connectivity index (χ0) is 17.1. The fourth-order valence-corrected chi connectivity index (χ4v) is 2.95. The van der Waals surface area contributed by atoms with Gasteiger partial charge in [0.15, 0.2) is 0 Å². The first-order chi connectivity index (χ1) is 11.6. The molecule has 0 saturated carbocycles. The van der Waals surface area contributed by atoms with Crippen molar-refractivity contribution in [3.8, 4) is 0 Å². The molecule has 0 radical (unpaired) electrons. The Bertz CT molecular complexity index is 764. The van der Waals surface area contributed by atoms with Crippen LogP contribution in [0, 0.1) is 5.82 Å². The number of amides is 2. The van der Waals surface area contributed by atoms with Crippen molar-refractivity contribution < 1.29 is 14.0 Å². The third-order valence-electron chi connectivity index (χ3n) is 4.04. The molecule has 1 unspecified atom stereocenters. The number of anilines is 1. The second-order valence-electron chi connectivity index (χ2n) is 5.63. The molecular weight excluding hydrogens is 331 g/mol. The van der Waals surface area contributed by atoms with Gasteiger partial charge in [0, 0.05) is 17.1 Å². The van der Waals surface area contributed by atoms with E-state index in [1.165, 1.54) is 17.0 Å². The van der Waals surface area contributed by atoms with Gasteiger partial charge in [-0.3, -0.25) is 9.59 Å². The summed E-state index contributed by atoms with van der Waals surface area (Å²) in [5.41, 5.74) is 0.596. The van der Waals surface area contributed by atoms with Gasteiger partial charge in [-0.05, 0) is 49.2 Å². The molecule has 1 fully saturated rings.